The minimum atomic E-state index is -0.880. The first-order valence-electron chi connectivity index (χ1n) is 5.34. The molecule has 8 heteroatoms. The van der Waals surface area contributed by atoms with Gasteiger partial charge in [-0.3, -0.25) is 5.10 Å². The van der Waals surface area contributed by atoms with Crippen LogP contribution in [0.15, 0.2) is 22.8 Å². The Morgan fingerprint density at radius 1 is 1.47 bits per heavy atom. The number of nitrogens with one attached hydrogen (secondary N) is 1. The van der Waals surface area contributed by atoms with Crippen molar-refractivity contribution in [1.82, 2.24) is 10.2 Å². The second-order valence-electron chi connectivity index (χ2n) is 4.17. The van der Waals surface area contributed by atoms with E-state index in [-0.39, 0.29) is 5.69 Å². The van der Waals surface area contributed by atoms with E-state index < -0.39 is 16.4 Å². The van der Waals surface area contributed by atoms with Gasteiger partial charge in [0.05, 0.1) is 0 Å². The van der Waals surface area contributed by atoms with Crippen molar-refractivity contribution in [3.8, 4) is 0 Å². The SMILES string of the molecule is Cc1sc(C(=O)[N+](C)(N)C(=O)c2ccn[nH]2)cc1Br. The molecular formula is C11H12BrN4O2S+. The van der Waals surface area contributed by atoms with Crippen LogP contribution in [0, 0.1) is 6.92 Å². The van der Waals surface area contributed by atoms with Crippen molar-refractivity contribution in [3.05, 3.63) is 38.3 Å². The van der Waals surface area contributed by atoms with Gasteiger partial charge in [-0.2, -0.15) is 10.9 Å². The number of aromatic amines is 1. The summed E-state index contributed by atoms with van der Waals surface area (Å²) < 4.78 is -0.0518. The molecule has 19 heavy (non-hydrogen) atoms. The second kappa shape index (κ2) is 4.97. The number of halogens is 1. The van der Waals surface area contributed by atoms with Crippen LogP contribution < -0.4 is 5.84 Å². The predicted molar refractivity (Wildman–Crippen MR) is 74.4 cm³/mol. The van der Waals surface area contributed by atoms with E-state index in [1.807, 2.05) is 6.92 Å². The zero-order valence-corrected chi connectivity index (χ0v) is 12.7. The highest BCUT2D eigenvalue weighted by Crippen LogP contribution is 2.28. The summed E-state index contributed by atoms with van der Waals surface area (Å²) in [5, 5.41) is 6.19. The van der Waals surface area contributed by atoms with Crippen LogP contribution in [0.5, 0.6) is 0 Å². The molecule has 0 fully saturated rings. The highest BCUT2D eigenvalue weighted by Gasteiger charge is 2.40. The van der Waals surface area contributed by atoms with Crippen molar-refractivity contribution in [2.24, 2.45) is 5.84 Å². The molecule has 0 aromatic carbocycles. The zero-order valence-electron chi connectivity index (χ0n) is 10.3. The van der Waals surface area contributed by atoms with Gasteiger partial charge in [0.15, 0.2) is 5.69 Å². The summed E-state index contributed by atoms with van der Waals surface area (Å²) in [6.07, 6.45) is 1.43. The van der Waals surface area contributed by atoms with Gasteiger partial charge in [0.2, 0.25) is 0 Å². The number of hydrogen-bond acceptors (Lipinski definition) is 5. The van der Waals surface area contributed by atoms with Crippen LogP contribution in [0.1, 0.15) is 25.0 Å². The number of carbonyl (C=O) groups excluding carboxylic acids is 2. The van der Waals surface area contributed by atoms with E-state index in [9.17, 15) is 9.59 Å². The number of nitrogens with two attached hydrogens (primary N) is 1. The van der Waals surface area contributed by atoms with Gasteiger partial charge in [-0.1, -0.05) is 0 Å². The summed E-state index contributed by atoms with van der Waals surface area (Å²) in [4.78, 5) is 25.9. The van der Waals surface area contributed by atoms with Gasteiger partial charge >= 0.3 is 11.8 Å². The molecule has 0 aliphatic heterocycles. The fourth-order valence-electron chi connectivity index (χ4n) is 1.51. The van der Waals surface area contributed by atoms with Crippen molar-refractivity contribution < 1.29 is 14.2 Å². The van der Waals surface area contributed by atoms with E-state index in [0.29, 0.717) is 4.88 Å². The van der Waals surface area contributed by atoms with Crippen molar-refractivity contribution in [3.63, 3.8) is 0 Å². The molecule has 0 aliphatic rings. The molecule has 6 nitrogen and oxygen atoms in total. The van der Waals surface area contributed by atoms with Crippen molar-refractivity contribution in [2.75, 3.05) is 7.05 Å². The molecule has 0 saturated carbocycles. The molecule has 2 heterocycles. The van der Waals surface area contributed by atoms with E-state index in [4.69, 9.17) is 5.84 Å². The molecule has 0 radical (unpaired) electrons. The molecular weight excluding hydrogens is 332 g/mol. The molecule has 2 amide bonds. The fourth-order valence-corrected chi connectivity index (χ4v) is 3.07. The van der Waals surface area contributed by atoms with Crippen LogP contribution >= 0.6 is 27.3 Å². The Morgan fingerprint density at radius 2 is 2.16 bits per heavy atom. The fraction of sp³-hybridized carbons (Fsp3) is 0.182. The molecule has 0 spiro atoms. The number of quaternary nitrogens is 1. The van der Waals surface area contributed by atoms with Gasteiger partial charge in [0, 0.05) is 15.5 Å². The first-order valence-corrected chi connectivity index (χ1v) is 6.95. The van der Waals surface area contributed by atoms with E-state index in [1.54, 1.807) is 6.07 Å². The Morgan fingerprint density at radius 3 is 2.63 bits per heavy atom. The Kier molecular flexibility index (Phi) is 3.68. The number of carbonyl (C=O) groups is 2. The van der Waals surface area contributed by atoms with E-state index in [2.05, 4.69) is 26.1 Å². The van der Waals surface area contributed by atoms with Gasteiger partial charge in [0.1, 0.15) is 11.9 Å². The largest absolute Gasteiger partial charge is 0.390 e. The molecule has 0 bridgehead atoms. The first kappa shape index (κ1) is 14.1. The number of hydrogen-bond donors (Lipinski definition) is 2. The number of H-pyrrole nitrogens is 1. The minimum absolute atomic E-state index is 0.200. The maximum absolute atomic E-state index is 12.4. The van der Waals surface area contributed by atoms with Crippen LogP contribution in [-0.2, 0) is 0 Å². The number of rotatable bonds is 2. The molecule has 1 unspecified atom stereocenters. The number of amides is 2. The van der Waals surface area contributed by atoms with Gasteiger partial charge in [-0.15, -0.1) is 15.9 Å². The van der Waals surface area contributed by atoms with Crippen LogP contribution in [-0.4, -0.2) is 33.7 Å². The lowest BCUT2D eigenvalue weighted by atomic mass is 10.3. The first-order chi connectivity index (χ1) is 8.84. The van der Waals surface area contributed by atoms with Gasteiger partial charge in [0.25, 0.3) is 0 Å². The lowest BCUT2D eigenvalue weighted by Gasteiger charge is -2.20. The summed E-state index contributed by atoms with van der Waals surface area (Å²) in [5.74, 6) is 4.87. The average Bonchev–Trinajstić information content (AvgIpc) is 2.98. The van der Waals surface area contributed by atoms with E-state index >= 15 is 0 Å². The van der Waals surface area contributed by atoms with Crippen LogP contribution in [0.2, 0.25) is 0 Å². The van der Waals surface area contributed by atoms with Gasteiger partial charge in [-0.25, -0.2) is 9.59 Å². The van der Waals surface area contributed by atoms with Crippen molar-refractivity contribution in [1.29, 1.82) is 0 Å². The van der Waals surface area contributed by atoms with Crippen LogP contribution in [0.4, 0.5) is 0 Å². The molecule has 2 rings (SSSR count). The van der Waals surface area contributed by atoms with Crippen molar-refractivity contribution in [2.45, 2.75) is 6.92 Å². The van der Waals surface area contributed by atoms with E-state index in [1.165, 1.54) is 30.6 Å². The number of thiophene rings is 1. The molecule has 3 N–H and O–H groups in total. The van der Waals surface area contributed by atoms with Crippen LogP contribution in [0.25, 0.3) is 0 Å². The molecule has 2 aromatic rings. The highest BCUT2D eigenvalue weighted by atomic mass is 79.9. The van der Waals surface area contributed by atoms with E-state index in [0.717, 1.165) is 9.35 Å². The van der Waals surface area contributed by atoms with Gasteiger partial charge in [-0.05, 0) is 35.0 Å². The Bertz CT molecular complexity index is 614. The predicted octanol–water partition coefficient (Wildman–Crippen LogP) is 1.84. The molecule has 1 atom stereocenters. The average molecular weight is 344 g/mol. The second-order valence-corrected chi connectivity index (χ2v) is 6.28. The third kappa shape index (κ3) is 2.52. The third-order valence-electron chi connectivity index (χ3n) is 2.64. The summed E-state index contributed by atoms with van der Waals surface area (Å²) >= 11 is 4.63. The number of nitrogens with zero attached hydrogens (tertiary/aromatic N) is 2. The summed E-state index contributed by atoms with van der Waals surface area (Å²) in [7, 11) is 1.36. The molecule has 0 saturated heterocycles. The highest BCUT2D eigenvalue weighted by molar-refractivity contribution is 9.10. The Balaban J connectivity index is 2.34. The Hall–Kier alpha value is -1.35. The van der Waals surface area contributed by atoms with Crippen molar-refractivity contribution >= 4 is 39.1 Å². The number of aryl methyl sites for hydroxylation is 1. The minimum Gasteiger partial charge on any atom is -0.269 e. The summed E-state index contributed by atoms with van der Waals surface area (Å²) in [6, 6.07) is 3.15. The number of aromatic nitrogens is 2. The standard InChI is InChI=1S/C11H11BrN4O2S/c1-6-7(12)5-9(19-6)11(18)16(2,13)10(17)8-3-4-14-15-8/h3-5H,13H2,1-2H3/p+1. The Labute approximate surface area is 121 Å². The maximum atomic E-state index is 12.4. The molecule has 100 valence electrons. The quantitative estimate of drug-likeness (QED) is 0.286. The smallest absolute Gasteiger partial charge is 0.269 e. The molecule has 2 aromatic heterocycles. The lowest BCUT2D eigenvalue weighted by molar-refractivity contribution is -0.755. The zero-order chi connectivity index (χ0) is 14.2. The maximum Gasteiger partial charge on any atom is 0.390 e. The molecule has 0 aliphatic carbocycles. The monoisotopic (exact) mass is 343 g/mol. The van der Waals surface area contributed by atoms with Gasteiger partial charge < -0.3 is 0 Å². The summed E-state index contributed by atoms with van der Waals surface area (Å²) in [6.45, 7) is 1.88. The topological polar surface area (TPSA) is 88.8 Å². The third-order valence-corrected chi connectivity index (χ3v) is 4.77. The lowest BCUT2D eigenvalue weighted by Crippen LogP contribution is -2.59. The number of imide groups is 1. The van der Waals surface area contributed by atoms with Crippen LogP contribution in [0.3, 0.4) is 0 Å². The normalized spacial score (nSPS) is 14.1. The summed E-state index contributed by atoms with van der Waals surface area (Å²) in [5.41, 5.74) is 0.200.